The molecule has 3 aromatic rings. The Kier molecular flexibility index (Phi) is 8.30. The van der Waals surface area contributed by atoms with Gasteiger partial charge >= 0.3 is 0 Å². The summed E-state index contributed by atoms with van der Waals surface area (Å²) < 4.78 is 13.3. The predicted octanol–water partition coefficient (Wildman–Crippen LogP) is 6.14. The minimum Gasteiger partial charge on any atom is -0.361 e. The molecular weight excluding hydrogens is 399 g/mol. The zero-order valence-electron chi connectivity index (χ0n) is 19.4. The van der Waals surface area contributed by atoms with Crippen LogP contribution in [0.2, 0.25) is 0 Å². The van der Waals surface area contributed by atoms with Gasteiger partial charge in [0.1, 0.15) is 0 Å². The van der Waals surface area contributed by atoms with Gasteiger partial charge in [0, 0.05) is 42.4 Å². The fourth-order valence-corrected chi connectivity index (χ4v) is 5.05. The predicted molar refractivity (Wildman–Crippen MR) is 130 cm³/mol. The number of benzene rings is 1. The third-order valence-electron chi connectivity index (χ3n) is 6.95. The van der Waals surface area contributed by atoms with Gasteiger partial charge in [-0.1, -0.05) is 49.9 Å². The van der Waals surface area contributed by atoms with E-state index in [0.717, 1.165) is 31.2 Å². The van der Waals surface area contributed by atoms with Crippen LogP contribution in [0.3, 0.4) is 0 Å². The van der Waals surface area contributed by atoms with Crippen LogP contribution < -0.4 is 0 Å². The van der Waals surface area contributed by atoms with Gasteiger partial charge in [0.25, 0.3) is 0 Å². The van der Waals surface area contributed by atoms with Gasteiger partial charge in [-0.05, 0) is 69.1 Å². The molecule has 2 aromatic heterocycles. The summed E-state index contributed by atoms with van der Waals surface area (Å²) in [6, 6.07) is 12.6. The summed E-state index contributed by atoms with van der Waals surface area (Å²) >= 11 is 0. The molecule has 0 bridgehead atoms. The highest BCUT2D eigenvalue weighted by Gasteiger charge is 2.17. The molecule has 5 heteroatoms. The lowest BCUT2D eigenvalue weighted by molar-refractivity contribution is 0.186. The second kappa shape index (κ2) is 11.6. The fourth-order valence-electron chi connectivity index (χ4n) is 5.05. The van der Waals surface area contributed by atoms with Crippen molar-refractivity contribution in [2.75, 3.05) is 20.1 Å². The molecule has 1 aliphatic carbocycles. The second-order valence-corrected chi connectivity index (χ2v) is 9.39. The minimum atomic E-state index is -0.418. The summed E-state index contributed by atoms with van der Waals surface area (Å²) in [5.41, 5.74) is 3.55. The average molecular weight is 437 g/mol. The molecule has 0 amide bonds. The molecule has 1 N–H and O–H groups in total. The molecule has 4 nitrogen and oxygen atoms in total. The first-order chi connectivity index (χ1) is 15.7. The molecule has 0 atom stereocenters. The normalized spacial score (nSPS) is 15.2. The average Bonchev–Trinajstić information content (AvgIpc) is 3.23. The number of unbranched alkanes of at least 4 members (excludes halogenated alkanes) is 2. The molecule has 1 aromatic carbocycles. The largest absolute Gasteiger partial charge is 0.361 e. The van der Waals surface area contributed by atoms with E-state index in [4.69, 9.17) is 0 Å². The summed E-state index contributed by atoms with van der Waals surface area (Å²) in [7, 11) is 2.31. The molecule has 0 spiro atoms. The molecular formula is C27H37FN4. The van der Waals surface area contributed by atoms with Crippen molar-refractivity contribution in [3.63, 3.8) is 0 Å². The Morgan fingerprint density at radius 3 is 2.59 bits per heavy atom. The van der Waals surface area contributed by atoms with Gasteiger partial charge in [0.15, 0.2) is 0 Å². The number of nitrogens with one attached hydrogen (secondary N) is 1. The fraction of sp³-hybridized carbons (Fsp3) is 0.519. The van der Waals surface area contributed by atoms with Crippen LogP contribution in [0.4, 0.5) is 4.39 Å². The highest BCUT2D eigenvalue weighted by atomic mass is 19.1. The third kappa shape index (κ3) is 6.39. The van der Waals surface area contributed by atoms with Gasteiger partial charge in [-0.2, -0.15) is 4.39 Å². The lowest BCUT2D eigenvalue weighted by Crippen LogP contribution is -2.34. The van der Waals surface area contributed by atoms with Crippen LogP contribution in [0, 0.1) is 5.95 Å². The lowest BCUT2D eigenvalue weighted by Gasteiger charge is -2.31. The monoisotopic (exact) mass is 436 g/mol. The SMILES string of the molecule is CN(CCCCCN(Cc1ccc(F)nc1)Cc1c[nH]c2ccccc12)C1CCCCC1. The Morgan fingerprint density at radius 2 is 1.78 bits per heavy atom. The van der Waals surface area contributed by atoms with E-state index in [-0.39, 0.29) is 0 Å². The van der Waals surface area contributed by atoms with Gasteiger partial charge in [-0.3, -0.25) is 4.90 Å². The first-order valence-electron chi connectivity index (χ1n) is 12.3. The minimum absolute atomic E-state index is 0.418. The van der Waals surface area contributed by atoms with Gasteiger partial charge in [-0.25, -0.2) is 4.98 Å². The lowest BCUT2D eigenvalue weighted by atomic mass is 9.94. The highest BCUT2D eigenvalue weighted by molar-refractivity contribution is 5.82. The molecule has 2 heterocycles. The van der Waals surface area contributed by atoms with Crippen molar-refractivity contribution in [1.29, 1.82) is 0 Å². The molecule has 0 radical (unpaired) electrons. The third-order valence-corrected chi connectivity index (χ3v) is 6.95. The van der Waals surface area contributed by atoms with E-state index >= 15 is 0 Å². The number of hydrogen-bond donors (Lipinski definition) is 1. The standard InChI is InChI=1S/C27H37FN4/c1-31(24-10-4-2-5-11-24)16-8-3-9-17-32(20-22-14-15-27(28)30-18-22)21-23-19-29-26-13-7-6-12-25(23)26/h6-7,12-15,18-19,24,29H,2-5,8-11,16-17,20-21H2,1H3. The van der Waals surface area contributed by atoms with Gasteiger partial charge in [0.2, 0.25) is 5.95 Å². The Labute approximate surface area is 191 Å². The number of H-pyrrole nitrogens is 1. The van der Waals surface area contributed by atoms with Crippen molar-refractivity contribution in [3.05, 3.63) is 65.9 Å². The summed E-state index contributed by atoms with van der Waals surface area (Å²) in [5.74, 6) is -0.418. The number of fused-ring (bicyclic) bond motifs is 1. The van der Waals surface area contributed by atoms with Crippen LogP contribution >= 0.6 is 0 Å². The van der Waals surface area contributed by atoms with Crippen molar-refractivity contribution < 1.29 is 4.39 Å². The number of pyridine rings is 1. The van der Waals surface area contributed by atoms with Crippen LogP contribution in [-0.2, 0) is 13.1 Å². The van der Waals surface area contributed by atoms with Crippen LogP contribution in [0.25, 0.3) is 10.9 Å². The van der Waals surface area contributed by atoms with Crippen molar-refractivity contribution in [3.8, 4) is 0 Å². The van der Waals surface area contributed by atoms with E-state index in [2.05, 4.69) is 57.3 Å². The number of para-hydroxylation sites is 1. The molecule has 1 saturated carbocycles. The smallest absolute Gasteiger partial charge is 0.212 e. The molecule has 4 rings (SSSR count). The summed E-state index contributed by atoms with van der Waals surface area (Å²) in [5, 5.41) is 1.28. The van der Waals surface area contributed by atoms with Crippen molar-refractivity contribution in [2.45, 2.75) is 70.5 Å². The van der Waals surface area contributed by atoms with Crippen LogP contribution in [0.5, 0.6) is 0 Å². The van der Waals surface area contributed by atoms with Crippen LogP contribution in [0.15, 0.2) is 48.8 Å². The number of nitrogens with zero attached hydrogens (tertiary/aromatic N) is 3. The highest BCUT2D eigenvalue weighted by Crippen LogP contribution is 2.23. The maximum Gasteiger partial charge on any atom is 0.212 e. The van der Waals surface area contributed by atoms with E-state index in [9.17, 15) is 4.39 Å². The molecule has 0 saturated heterocycles. The molecule has 1 aliphatic rings. The maximum absolute atomic E-state index is 13.3. The number of aromatic nitrogens is 2. The Balaban J connectivity index is 1.31. The number of aromatic amines is 1. The van der Waals surface area contributed by atoms with Gasteiger partial charge < -0.3 is 9.88 Å². The maximum atomic E-state index is 13.3. The molecule has 1 fully saturated rings. The quantitative estimate of drug-likeness (QED) is 0.290. The van der Waals surface area contributed by atoms with E-state index in [1.165, 1.54) is 80.4 Å². The number of halogens is 1. The molecule has 172 valence electrons. The zero-order valence-corrected chi connectivity index (χ0v) is 19.4. The molecule has 0 aliphatic heterocycles. The Morgan fingerprint density at radius 1 is 0.969 bits per heavy atom. The summed E-state index contributed by atoms with van der Waals surface area (Å²) in [6.45, 7) is 3.90. The van der Waals surface area contributed by atoms with Gasteiger partial charge in [-0.15, -0.1) is 0 Å². The first-order valence-corrected chi connectivity index (χ1v) is 12.3. The summed E-state index contributed by atoms with van der Waals surface area (Å²) in [4.78, 5) is 12.3. The van der Waals surface area contributed by atoms with Crippen molar-refractivity contribution in [2.24, 2.45) is 0 Å². The number of hydrogen-bond acceptors (Lipinski definition) is 3. The van der Waals surface area contributed by atoms with Crippen molar-refractivity contribution in [1.82, 2.24) is 19.8 Å². The molecule has 32 heavy (non-hydrogen) atoms. The van der Waals surface area contributed by atoms with E-state index in [1.54, 1.807) is 6.20 Å². The van der Waals surface area contributed by atoms with Crippen LogP contribution in [-0.4, -0.2) is 45.9 Å². The zero-order chi connectivity index (χ0) is 22.2. The topological polar surface area (TPSA) is 35.2 Å². The number of rotatable bonds is 11. The van der Waals surface area contributed by atoms with E-state index in [1.807, 2.05) is 6.07 Å². The first kappa shape index (κ1) is 22.9. The van der Waals surface area contributed by atoms with Gasteiger partial charge in [0.05, 0.1) is 0 Å². The Bertz CT molecular complexity index is 946. The Hall–Kier alpha value is -2.24. The van der Waals surface area contributed by atoms with Crippen LogP contribution in [0.1, 0.15) is 62.5 Å². The van der Waals surface area contributed by atoms with E-state index < -0.39 is 5.95 Å². The summed E-state index contributed by atoms with van der Waals surface area (Å²) in [6.07, 6.45) is 14.4. The molecule has 0 unspecified atom stereocenters. The van der Waals surface area contributed by atoms with E-state index in [0.29, 0.717) is 0 Å². The van der Waals surface area contributed by atoms with Crippen molar-refractivity contribution >= 4 is 10.9 Å². The second-order valence-electron chi connectivity index (χ2n) is 9.39.